The lowest BCUT2D eigenvalue weighted by molar-refractivity contribution is -0.116. The predicted octanol–water partition coefficient (Wildman–Crippen LogP) is -0.753. The zero-order valence-electron chi connectivity index (χ0n) is 9.84. The van der Waals surface area contributed by atoms with Gasteiger partial charge in [0.15, 0.2) is 0 Å². The molecule has 0 saturated carbocycles. The van der Waals surface area contributed by atoms with Gasteiger partial charge >= 0.3 is 0 Å². The van der Waals surface area contributed by atoms with Crippen molar-refractivity contribution < 1.29 is 9.90 Å². The van der Waals surface area contributed by atoms with Crippen LogP contribution in [0.3, 0.4) is 0 Å². The number of hydrogen-bond donors (Lipinski definition) is 2. The molecular formula is C10H15N5O2. The number of likely N-dealkylation sites (N-methyl/N-ethyl adjacent to an activating group) is 1. The Morgan fingerprint density at radius 3 is 2.94 bits per heavy atom. The standard InChI is InChI=1S/C10H15N5O2/c1-14(2)7-9(17)13-10-8(5-11)6-12-15(10)3-4-16/h6,16H,3-4,7H2,1-2H3,(H,13,17). The van der Waals surface area contributed by atoms with Crippen LogP contribution in [0.15, 0.2) is 6.20 Å². The van der Waals surface area contributed by atoms with E-state index in [0.717, 1.165) is 0 Å². The third-order valence-corrected chi connectivity index (χ3v) is 1.99. The van der Waals surface area contributed by atoms with Crippen LogP contribution in [0.5, 0.6) is 0 Å². The van der Waals surface area contributed by atoms with Gasteiger partial charge < -0.3 is 15.3 Å². The SMILES string of the molecule is CN(C)CC(=O)Nc1c(C#N)cnn1CCO. The average molecular weight is 237 g/mol. The minimum Gasteiger partial charge on any atom is -0.394 e. The molecule has 7 heteroatoms. The summed E-state index contributed by atoms with van der Waals surface area (Å²) < 4.78 is 1.39. The second kappa shape index (κ2) is 5.98. The molecule has 1 heterocycles. The van der Waals surface area contributed by atoms with E-state index in [4.69, 9.17) is 10.4 Å². The van der Waals surface area contributed by atoms with E-state index in [2.05, 4.69) is 10.4 Å². The second-order valence-corrected chi connectivity index (χ2v) is 3.75. The lowest BCUT2D eigenvalue weighted by Gasteiger charge is -2.11. The third-order valence-electron chi connectivity index (χ3n) is 1.99. The topological polar surface area (TPSA) is 94.2 Å². The minimum absolute atomic E-state index is 0.108. The molecule has 1 aromatic rings. The van der Waals surface area contributed by atoms with Crippen molar-refractivity contribution in [1.82, 2.24) is 14.7 Å². The van der Waals surface area contributed by atoms with E-state index in [1.807, 2.05) is 6.07 Å². The van der Waals surface area contributed by atoms with Gasteiger partial charge in [-0.3, -0.25) is 4.79 Å². The molecule has 0 aromatic carbocycles. The van der Waals surface area contributed by atoms with E-state index in [-0.39, 0.29) is 31.2 Å². The molecule has 1 amide bonds. The third kappa shape index (κ3) is 3.55. The second-order valence-electron chi connectivity index (χ2n) is 3.75. The van der Waals surface area contributed by atoms with Gasteiger partial charge in [-0.15, -0.1) is 0 Å². The number of aromatic nitrogens is 2. The maximum absolute atomic E-state index is 11.6. The molecule has 0 unspecified atom stereocenters. The van der Waals surface area contributed by atoms with Crippen LogP contribution in [-0.4, -0.2) is 52.9 Å². The molecule has 2 N–H and O–H groups in total. The van der Waals surface area contributed by atoms with Crippen molar-refractivity contribution >= 4 is 11.7 Å². The fraction of sp³-hybridized carbons (Fsp3) is 0.500. The molecule has 0 aliphatic carbocycles. The number of carbonyl (C=O) groups excluding carboxylic acids is 1. The highest BCUT2D eigenvalue weighted by atomic mass is 16.3. The van der Waals surface area contributed by atoms with Crippen LogP contribution in [0.1, 0.15) is 5.56 Å². The van der Waals surface area contributed by atoms with Crippen molar-refractivity contribution in [3.05, 3.63) is 11.8 Å². The molecule has 0 fully saturated rings. The summed E-state index contributed by atoms with van der Waals surface area (Å²) in [5.74, 6) is 0.0968. The van der Waals surface area contributed by atoms with Crippen LogP contribution in [0, 0.1) is 11.3 Å². The molecule has 0 spiro atoms. The highest BCUT2D eigenvalue weighted by molar-refractivity contribution is 5.92. The summed E-state index contributed by atoms with van der Waals surface area (Å²) in [5.41, 5.74) is 0.283. The van der Waals surface area contributed by atoms with Crippen molar-refractivity contribution in [2.24, 2.45) is 0 Å². The minimum atomic E-state index is -0.230. The van der Waals surface area contributed by atoms with Gasteiger partial charge in [-0.2, -0.15) is 10.4 Å². The first-order valence-corrected chi connectivity index (χ1v) is 5.09. The molecule has 1 aromatic heterocycles. The molecule has 0 aliphatic heterocycles. The van der Waals surface area contributed by atoms with Gasteiger partial charge in [0, 0.05) is 0 Å². The molecule has 1 rings (SSSR count). The van der Waals surface area contributed by atoms with Gasteiger partial charge in [-0.1, -0.05) is 0 Å². The summed E-state index contributed by atoms with van der Waals surface area (Å²) in [6, 6.07) is 1.94. The molecule has 0 saturated heterocycles. The predicted molar refractivity (Wildman–Crippen MR) is 61.2 cm³/mol. The van der Waals surface area contributed by atoms with Crippen molar-refractivity contribution in [3.8, 4) is 6.07 Å². The Morgan fingerprint density at radius 2 is 2.41 bits per heavy atom. The highest BCUT2D eigenvalue weighted by Crippen LogP contribution is 2.13. The smallest absolute Gasteiger partial charge is 0.239 e. The summed E-state index contributed by atoms with van der Waals surface area (Å²) in [7, 11) is 3.55. The van der Waals surface area contributed by atoms with Gasteiger partial charge in [-0.05, 0) is 14.1 Å². The van der Waals surface area contributed by atoms with E-state index in [0.29, 0.717) is 5.82 Å². The van der Waals surface area contributed by atoms with Crippen molar-refractivity contribution in [2.75, 3.05) is 32.6 Å². The Kier molecular flexibility index (Phi) is 4.63. The molecule has 0 atom stereocenters. The molecule has 7 nitrogen and oxygen atoms in total. The van der Waals surface area contributed by atoms with Crippen molar-refractivity contribution in [2.45, 2.75) is 6.54 Å². The number of aliphatic hydroxyl groups excluding tert-OH is 1. The van der Waals surface area contributed by atoms with Crippen molar-refractivity contribution in [1.29, 1.82) is 5.26 Å². The average Bonchev–Trinajstić information content (AvgIpc) is 2.60. The number of hydrogen-bond acceptors (Lipinski definition) is 5. The normalized spacial score (nSPS) is 10.3. The lowest BCUT2D eigenvalue weighted by atomic mass is 10.3. The molecule has 0 radical (unpaired) electrons. The summed E-state index contributed by atoms with van der Waals surface area (Å²) in [4.78, 5) is 13.3. The Bertz CT molecular complexity index is 432. The first-order valence-electron chi connectivity index (χ1n) is 5.09. The van der Waals surface area contributed by atoms with E-state index in [1.165, 1.54) is 10.9 Å². The van der Waals surface area contributed by atoms with E-state index < -0.39 is 0 Å². The van der Waals surface area contributed by atoms with E-state index >= 15 is 0 Å². The van der Waals surface area contributed by atoms with Gasteiger partial charge in [0.1, 0.15) is 17.5 Å². The number of rotatable bonds is 5. The van der Waals surface area contributed by atoms with Crippen LogP contribution in [0.25, 0.3) is 0 Å². The number of aliphatic hydroxyl groups is 1. The van der Waals surface area contributed by atoms with Gasteiger partial charge in [0.05, 0.1) is 25.9 Å². The van der Waals surface area contributed by atoms with Crippen molar-refractivity contribution in [3.63, 3.8) is 0 Å². The molecule has 17 heavy (non-hydrogen) atoms. The summed E-state index contributed by atoms with van der Waals surface area (Å²) >= 11 is 0. The number of amides is 1. The zero-order chi connectivity index (χ0) is 12.8. The van der Waals surface area contributed by atoms with Crippen LogP contribution < -0.4 is 5.32 Å². The van der Waals surface area contributed by atoms with E-state index in [1.54, 1.807) is 19.0 Å². The number of nitriles is 1. The molecule has 0 aliphatic rings. The highest BCUT2D eigenvalue weighted by Gasteiger charge is 2.13. The fourth-order valence-corrected chi connectivity index (χ4v) is 1.32. The first-order chi connectivity index (χ1) is 8.08. The monoisotopic (exact) mass is 237 g/mol. The molecular weight excluding hydrogens is 222 g/mol. The van der Waals surface area contributed by atoms with Crippen LogP contribution >= 0.6 is 0 Å². The van der Waals surface area contributed by atoms with Crippen LogP contribution in [0.2, 0.25) is 0 Å². The fourth-order valence-electron chi connectivity index (χ4n) is 1.32. The quantitative estimate of drug-likeness (QED) is 0.702. The Morgan fingerprint density at radius 1 is 1.71 bits per heavy atom. The number of anilines is 1. The molecule has 92 valence electrons. The van der Waals surface area contributed by atoms with Crippen LogP contribution in [-0.2, 0) is 11.3 Å². The number of nitrogens with zero attached hydrogens (tertiary/aromatic N) is 4. The Hall–Kier alpha value is -1.91. The first kappa shape index (κ1) is 13.2. The number of nitrogens with one attached hydrogen (secondary N) is 1. The lowest BCUT2D eigenvalue weighted by Crippen LogP contribution is -2.28. The van der Waals surface area contributed by atoms with Gasteiger partial charge in [0.25, 0.3) is 0 Å². The summed E-state index contributed by atoms with van der Waals surface area (Å²) in [6.07, 6.45) is 1.36. The van der Waals surface area contributed by atoms with Crippen LogP contribution in [0.4, 0.5) is 5.82 Å². The molecule has 0 bridgehead atoms. The van der Waals surface area contributed by atoms with Gasteiger partial charge in [-0.25, -0.2) is 4.68 Å². The summed E-state index contributed by atoms with van der Waals surface area (Å²) in [6.45, 7) is 0.345. The van der Waals surface area contributed by atoms with E-state index in [9.17, 15) is 4.79 Å². The maximum Gasteiger partial charge on any atom is 0.239 e. The number of carbonyl (C=O) groups is 1. The maximum atomic E-state index is 11.6. The largest absolute Gasteiger partial charge is 0.394 e. The zero-order valence-corrected chi connectivity index (χ0v) is 9.84. The van der Waals surface area contributed by atoms with Gasteiger partial charge in [0.2, 0.25) is 5.91 Å². The Balaban J connectivity index is 2.84. The summed E-state index contributed by atoms with van der Waals surface area (Å²) in [5, 5.41) is 24.2. The Labute approximate surface area is 99.3 Å².